The second-order valence-corrected chi connectivity index (χ2v) is 5.02. The molecule has 0 bridgehead atoms. The van der Waals surface area contributed by atoms with Gasteiger partial charge in [-0.2, -0.15) is 0 Å². The highest BCUT2D eigenvalue weighted by molar-refractivity contribution is 5.94. The van der Waals surface area contributed by atoms with Gasteiger partial charge in [0.2, 0.25) is 0 Å². The van der Waals surface area contributed by atoms with E-state index in [1.54, 1.807) is 6.92 Å². The van der Waals surface area contributed by atoms with Crippen molar-refractivity contribution in [3.8, 4) is 0 Å². The Labute approximate surface area is 103 Å². The summed E-state index contributed by atoms with van der Waals surface area (Å²) in [5, 5.41) is 10.3. The quantitative estimate of drug-likeness (QED) is 0.810. The first kappa shape index (κ1) is 12.3. The number of carbonyl (C=O) groups is 1. The number of hydrogen-bond donors (Lipinski definition) is 1. The van der Waals surface area contributed by atoms with Crippen molar-refractivity contribution in [2.45, 2.75) is 45.1 Å². The van der Waals surface area contributed by atoms with Gasteiger partial charge in [-0.1, -0.05) is 43.5 Å². The Morgan fingerprint density at radius 1 is 1.18 bits per heavy atom. The number of aliphatic hydroxyl groups excluding tert-OH is 1. The fraction of sp³-hybridized carbons (Fsp3) is 0.533. The molecule has 2 nitrogen and oxygen atoms in total. The molecule has 0 saturated heterocycles. The van der Waals surface area contributed by atoms with Crippen LogP contribution in [0.4, 0.5) is 0 Å². The van der Waals surface area contributed by atoms with Gasteiger partial charge < -0.3 is 5.11 Å². The molecule has 2 heteroatoms. The summed E-state index contributed by atoms with van der Waals surface area (Å²) in [6.07, 6.45) is 5.63. The van der Waals surface area contributed by atoms with E-state index in [2.05, 4.69) is 0 Å². The predicted molar refractivity (Wildman–Crippen MR) is 68.0 cm³/mol. The molecular weight excluding hydrogens is 212 g/mol. The summed E-state index contributed by atoms with van der Waals surface area (Å²) in [5.74, 6) is 0.468. The zero-order valence-electron chi connectivity index (χ0n) is 10.4. The fourth-order valence-corrected chi connectivity index (χ4v) is 2.64. The van der Waals surface area contributed by atoms with Crippen molar-refractivity contribution in [1.29, 1.82) is 0 Å². The van der Waals surface area contributed by atoms with Crippen LogP contribution in [0.25, 0.3) is 0 Å². The van der Waals surface area contributed by atoms with Crippen molar-refractivity contribution in [2.24, 2.45) is 5.92 Å². The third kappa shape index (κ3) is 2.95. The van der Waals surface area contributed by atoms with E-state index in [1.165, 1.54) is 19.3 Å². The van der Waals surface area contributed by atoms with Crippen molar-refractivity contribution >= 4 is 5.78 Å². The maximum absolute atomic E-state index is 11.2. The normalized spacial score (nSPS) is 18.9. The van der Waals surface area contributed by atoms with Crippen LogP contribution in [0.3, 0.4) is 0 Å². The average Bonchev–Trinajstić information content (AvgIpc) is 2.39. The van der Waals surface area contributed by atoms with E-state index in [9.17, 15) is 9.90 Å². The van der Waals surface area contributed by atoms with Gasteiger partial charge in [0, 0.05) is 5.56 Å². The van der Waals surface area contributed by atoms with E-state index >= 15 is 0 Å². The van der Waals surface area contributed by atoms with Crippen LogP contribution in [0.1, 0.15) is 61.1 Å². The van der Waals surface area contributed by atoms with Crippen LogP contribution in [0.15, 0.2) is 24.3 Å². The zero-order valence-corrected chi connectivity index (χ0v) is 10.4. The van der Waals surface area contributed by atoms with E-state index in [4.69, 9.17) is 0 Å². The fourth-order valence-electron chi connectivity index (χ4n) is 2.64. The molecule has 0 unspecified atom stereocenters. The van der Waals surface area contributed by atoms with Gasteiger partial charge in [0.05, 0.1) is 6.10 Å². The summed E-state index contributed by atoms with van der Waals surface area (Å²) < 4.78 is 0. The first-order chi connectivity index (χ1) is 8.18. The Balaban J connectivity index is 2.07. The van der Waals surface area contributed by atoms with Gasteiger partial charge in [0.25, 0.3) is 0 Å². The maximum Gasteiger partial charge on any atom is 0.159 e. The number of Topliss-reactive ketones (excluding diaryl/α,β-unsaturated/α-hetero) is 1. The van der Waals surface area contributed by atoms with E-state index in [0.29, 0.717) is 11.5 Å². The molecule has 1 N–H and O–H groups in total. The number of rotatable bonds is 3. The van der Waals surface area contributed by atoms with Crippen LogP contribution < -0.4 is 0 Å². The highest BCUT2D eigenvalue weighted by Crippen LogP contribution is 2.34. The lowest BCUT2D eigenvalue weighted by molar-refractivity contribution is 0.0847. The molecule has 0 aromatic heterocycles. The number of benzene rings is 1. The van der Waals surface area contributed by atoms with Gasteiger partial charge in [-0.25, -0.2) is 0 Å². The Bertz CT molecular complexity index is 374. The summed E-state index contributed by atoms with van der Waals surface area (Å²) in [6, 6.07) is 7.39. The Morgan fingerprint density at radius 2 is 1.76 bits per heavy atom. The van der Waals surface area contributed by atoms with E-state index < -0.39 is 0 Å². The third-order valence-corrected chi connectivity index (χ3v) is 3.76. The second kappa shape index (κ2) is 5.46. The molecule has 2 rings (SSSR count). The van der Waals surface area contributed by atoms with Gasteiger partial charge in [-0.05, 0) is 31.2 Å². The van der Waals surface area contributed by atoms with E-state index in [-0.39, 0.29) is 11.9 Å². The van der Waals surface area contributed by atoms with Crippen molar-refractivity contribution in [3.63, 3.8) is 0 Å². The topological polar surface area (TPSA) is 37.3 Å². The van der Waals surface area contributed by atoms with Crippen LogP contribution in [-0.2, 0) is 0 Å². The van der Waals surface area contributed by atoms with Crippen molar-refractivity contribution in [3.05, 3.63) is 35.4 Å². The minimum atomic E-state index is -0.365. The van der Waals surface area contributed by atoms with Crippen LogP contribution >= 0.6 is 0 Å². The first-order valence-corrected chi connectivity index (χ1v) is 6.47. The highest BCUT2D eigenvalue weighted by atomic mass is 16.3. The molecule has 1 saturated carbocycles. The number of aliphatic hydroxyl groups is 1. The standard InChI is InChI=1S/C15H20O2/c1-11(16)12-7-9-14(10-8-12)15(17)13-5-3-2-4-6-13/h7-10,13,15,17H,2-6H2,1H3/t15-/m1/s1. The summed E-state index contributed by atoms with van der Waals surface area (Å²) in [5.41, 5.74) is 1.66. The molecule has 92 valence electrons. The van der Waals surface area contributed by atoms with E-state index in [0.717, 1.165) is 18.4 Å². The zero-order chi connectivity index (χ0) is 12.3. The minimum Gasteiger partial charge on any atom is -0.388 e. The molecule has 1 aliphatic rings. The lowest BCUT2D eigenvalue weighted by Gasteiger charge is -2.26. The lowest BCUT2D eigenvalue weighted by atomic mass is 9.82. The van der Waals surface area contributed by atoms with Gasteiger partial charge in [-0.3, -0.25) is 4.79 Å². The molecule has 1 aromatic carbocycles. The number of carbonyl (C=O) groups excluding carboxylic acids is 1. The summed E-state index contributed by atoms with van der Waals surface area (Å²) in [6.45, 7) is 1.56. The molecule has 0 aliphatic heterocycles. The summed E-state index contributed by atoms with van der Waals surface area (Å²) in [4.78, 5) is 11.2. The molecule has 0 radical (unpaired) electrons. The maximum atomic E-state index is 11.2. The van der Waals surface area contributed by atoms with Gasteiger partial charge in [0.1, 0.15) is 0 Å². The van der Waals surface area contributed by atoms with Gasteiger partial charge in [-0.15, -0.1) is 0 Å². The molecule has 1 aromatic rings. The Morgan fingerprint density at radius 3 is 2.29 bits per heavy atom. The average molecular weight is 232 g/mol. The SMILES string of the molecule is CC(=O)c1ccc([C@H](O)C2CCCCC2)cc1. The largest absolute Gasteiger partial charge is 0.388 e. The summed E-state index contributed by atoms with van der Waals surface area (Å²) in [7, 11) is 0. The number of ketones is 1. The van der Waals surface area contributed by atoms with Crippen LogP contribution in [0.2, 0.25) is 0 Å². The lowest BCUT2D eigenvalue weighted by Crippen LogP contribution is -2.15. The number of hydrogen-bond acceptors (Lipinski definition) is 2. The predicted octanol–water partition coefficient (Wildman–Crippen LogP) is 3.50. The van der Waals surface area contributed by atoms with Crippen LogP contribution in [-0.4, -0.2) is 10.9 Å². The Kier molecular flexibility index (Phi) is 3.95. The first-order valence-electron chi connectivity index (χ1n) is 6.47. The minimum absolute atomic E-state index is 0.0729. The molecular formula is C15H20O2. The van der Waals surface area contributed by atoms with Gasteiger partial charge >= 0.3 is 0 Å². The third-order valence-electron chi connectivity index (χ3n) is 3.76. The smallest absolute Gasteiger partial charge is 0.159 e. The second-order valence-electron chi connectivity index (χ2n) is 5.02. The monoisotopic (exact) mass is 232 g/mol. The Hall–Kier alpha value is -1.15. The summed E-state index contributed by atoms with van der Waals surface area (Å²) >= 11 is 0. The van der Waals surface area contributed by atoms with Crippen molar-refractivity contribution in [1.82, 2.24) is 0 Å². The van der Waals surface area contributed by atoms with Crippen molar-refractivity contribution in [2.75, 3.05) is 0 Å². The molecule has 17 heavy (non-hydrogen) atoms. The van der Waals surface area contributed by atoms with Gasteiger partial charge in [0.15, 0.2) is 5.78 Å². The molecule has 0 amide bonds. The van der Waals surface area contributed by atoms with Crippen LogP contribution in [0, 0.1) is 5.92 Å². The van der Waals surface area contributed by atoms with Crippen LogP contribution in [0.5, 0.6) is 0 Å². The van der Waals surface area contributed by atoms with E-state index in [1.807, 2.05) is 24.3 Å². The highest BCUT2D eigenvalue weighted by Gasteiger charge is 2.22. The molecule has 1 fully saturated rings. The molecule has 1 atom stereocenters. The molecule has 0 spiro atoms. The van der Waals surface area contributed by atoms with Crippen molar-refractivity contribution < 1.29 is 9.90 Å². The molecule has 0 heterocycles. The molecule has 1 aliphatic carbocycles.